The normalized spacial score (nSPS) is 12.0. The average Bonchev–Trinajstić information content (AvgIpc) is 3.06. The van der Waals surface area contributed by atoms with Gasteiger partial charge in [0.05, 0.1) is 13.2 Å². The maximum atomic E-state index is 6.04. The van der Waals surface area contributed by atoms with Crippen molar-refractivity contribution in [2.45, 2.75) is 259 Å². The summed E-state index contributed by atoms with van der Waals surface area (Å²) < 4.78 is 12.1. The van der Waals surface area contributed by atoms with Gasteiger partial charge in [0, 0.05) is 18.6 Å². The SMILES string of the molecule is CCCCCCCCCCCCCCCCCCCCOCC(C)(C)COCCCCCCCCCCCCCCCCCCCC. The van der Waals surface area contributed by atoms with Gasteiger partial charge in [0.15, 0.2) is 0 Å². The summed E-state index contributed by atoms with van der Waals surface area (Å²) in [5.74, 6) is 0. The van der Waals surface area contributed by atoms with Gasteiger partial charge in [0.1, 0.15) is 0 Å². The van der Waals surface area contributed by atoms with Crippen LogP contribution in [0.2, 0.25) is 0 Å². The highest BCUT2D eigenvalue weighted by Crippen LogP contribution is 2.18. The van der Waals surface area contributed by atoms with Crippen molar-refractivity contribution in [3.05, 3.63) is 0 Å². The van der Waals surface area contributed by atoms with E-state index in [1.165, 1.54) is 231 Å². The highest BCUT2D eigenvalue weighted by molar-refractivity contribution is 4.67. The molecule has 0 heterocycles. The first-order chi connectivity index (χ1) is 23.1. The minimum absolute atomic E-state index is 0.127. The van der Waals surface area contributed by atoms with Gasteiger partial charge in [-0.25, -0.2) is 0 Å². The monoisotopic (exact) mass is 665 g/mol. The number of hydrogen-bond donors (Lipinski definition) is 0. The van der Waals surface area contributed by atoms with Crippen LogP contribution in [0.5, 0.6) is 0 Å². The Morgan fingerprint density at radius 1 is 0.255 bits per heavy atom. The second-order valence-corrected chi connectivity index (χ2v) is 16.3. The van der Waals surface area contributed by atoms with E-state index in [2.05, 4.69) is 27.7 Å². The minimum Gasteiger partial charge on any atom is -0.381 e. The molecule has 0 aliphatic rings. The van der Waals surface area contributed by atoms with E-state index in [4.69, 9.17) is 9.47 Å². The van der Waals surface area contributed by atoms with Crippen LogP contribution in [0.3, 0.4) is 0 Å². The molecule has 0 unspecified atom stereocenters. The Balaban J connectivity index is 3.24. The van der Waals surface area contributed by atoms with E-state index in [1.807, 2.05) is 0 Å². The minimum atomic E-state index is 0.127. The quantitative estimate of drug-likeness (QED) is 0.0605. The molecule has 284 valence electrons. The van der Waals surface area contributed by atoms with Gasteiger partial charge in [-0.05, 0) is 12.8 Å². The number of unbranched alkanes of at least 4 members (excludes halogenated alkanes) is 34. The molecule has 2 nitrogen and oxygen atoms in total. The van der Waals surface area contributed by atoms with E-state index in [0.29, 0.717) is 0 Å². The zero-order chi connectivity index (χ0) is 34.2. The number of ether oxygens (including phenoxy) is 2. The highest BCUT2D eigenvalue weighted by Gasteiger charge is 2.18. The first-order valence-electron chi connectivity index (χ1n) is 22.3. The molecular formula is C45H92O2. The summed E-state index contributed by atoms with van der Waals surface area (Å²) in [6.07, 6.45) is 51.4. The lowest BCUT2D eigenvalue weighted by Crippen LogP contribution is -2.26. The molecule has 0 aromatic heterocycles. The maximum absolute atomic E-state index is 6.04. The van der Waals surface area contributed by atoms with Gasteiger partial charge < -0.3 is 9.47 Å². The van der Waals surface area contributed by atoms with Crippen molar-refractivity contribution in [2.75, 3.05) is 26.4 Å². The molecule has 2 heteroatoms. The second-order valence-electron chi connectivity index (χ2n) is 16.3. The third-order valence-corrected chi connectivity index (χ3v) is 10.3. The van der Waals surface area contributed by atoms with Gasteiger partial charge in [-0.15, -0.1) is 0 Å². The maximum Gasteiger partial charge on any atom is 0.0539 e. The molecule has 0 fully saturated rings. The zero-order valence-corrected chi connectivity index (χ0v) is 33.6. The average molecular weight is 665 g/mol. The summed E-state index contributed by atoms with van der Waals surface area (Å²) in [6, 6.07) is 0. The Morgan fingerprint density at radius 2 is 0.426 bits per heavy atom. The Hall–Kier alpha value is -0.0800. The molecule has 0 saturated heterocycles. The fraction of sp³-hybridized carbons (Fsp3) is 1.00. The van der Waals surface area contributed by atoms with Crippen LogP contribution in [-0.4, -0.2) is 26.4 Å². The van der Waals surface area contributed by atoms with Crippen molar-refractivity contribution >= 4 is 0 Å². The van der Waals surface area contributed by atoms with Crippen molar-refractivity contribution in [1.29, 1.82) is 0 Å². The van der Waals surface area contributed by atoms with Crippen LogP contribution in [0.25, 0.3) is 0 Å². The topological polar surface area (TPSA) is 18.5 Å². The van der Waals surface area contributed by atoms with Crippen LogP contribution in [0.15, 0.2) is 0 Å². The lowest BCUT2D eigenvalue weighted by atomic mass is 9.96. The van der Waals surface area contributed by atoms with Crippen LogP contribution in [0, 0.1) is 5.41 Å². The predicted octanol–water partition coefficient (Wildman–Crippen LogP) is 16.1. The molecular weight excluding hydrogens is 572 g/mol. The van der Waals surface area contributed by atoms with Crippen LogP contribution >= 0.6 is 0 Å². The summed E-state index contributed by atoms with van der Waals surface area (Å²) in [7, 11) is 0. The molecule has 0 aliphatic carbocycles. The molecule has 0 amide bonds. The summed E-state index contributed by atoms with van der Waals surface area (Å²) in [5, 5.41) is 0. The molecule has 0 aliphatic heterocycles. The number of hydrogen-bond acceptors (Lipinski definition) is 2. The van der Waals surface area contributed by atoms with Crippen LogP contribution in [0.4, 0.5) is 0 Å². The van der Waals surface area contributed by atoms with Crippen LogP contribution in [0.1, 0.15) is 259 Å². The fourth-order valence-electron chi connectivity index (χ4n) is 6.95. The van der Waals surface area contributed by atoms with Gasteiger partial charge in [-0.1, -0.05) is 246 Å². The van der Waals surface area contributed by atoms with E-state index in [0.717, 1.165) is 26.4 Å². The largest absolute Gasteiger partial charge is 0.381 e. The van der Waals surface area contributed by atoms with E-state index < -0.39 is 0 Å². The fourth-order valence-corrected chi connectivity index (χ4v) is 6.95. The van der Waals surface area contributed by atoms with Crippen molar-refractivity contribution in [2.24, 2.45) is 5.41 Å². The Bertz CT molecular complexity index is 498. The van der Waals surface area contributed by atoms with Crippen LogP contribution < -0.4 is 0 Å². The van der Waals surface area contributed by atoms with Gasteiger partial charge in [0.2, 0.25) is 0 Å². The van der Waals surface area contributed by atoms with Gasteiger partial charge >= 0.3 is 0 Å². The molecule has 0 spiro atoms. The van der Waals surface area contributed by atoms with Gasteiger partial charge in [-0.3, -0.25) is 0 Å². The van der Waals surface area contributed by atoms with Crippen LogP contribution in [-0.2, 0) is 9.47 Å². The first kappa shape index (κ1) is 46.9. The zero-order valence-electron chi connectivity index (χ0n) is 33.6. The Labute approximate surface area is 299 Å². The molecule has 0 aromatic rings. The summed E-state index contributed by atoms with van der Waals surface area (Å²) in [4.78, 5) is 0. The van der Waals surface area contributed by atoms with E-state index in [9.17, 15) is 0 Å². The molecule has 0 radical (unpaired) electrons. The van der Waals surface area contributed by atoms with Gasteiger partial charge in [-0.2, -0.15) is 0 Å². The molecule has 0 aromatic carbocycles. The molecule has 47 heavy (non-hydrogen) atoms. The smallest absolute Gasteiger partial charge is 0.0539 e. The van der Waals surface area contributed by atoms with E-state index in [1.54, 1.807) is 0 Å². The van der Waals surface area contributed by atoms with E-state index in [-0.39, 0.29) is 5.41 Å². The summed E-state index contributed by atoms with van der Waals surface area (Å²) in [6.45, 7) is 12.7. The van der Waals surface area contributed by atoms with Crippen molar-refractivity contribution in [1.82, 2.24) is 0 Å². The summed E-state index contributed by atoms with van der Waals surface area (Å²) in [5.41, 5.74) is 0.127. The Morgan fingerprint density at radius 3 is 0.617 bits per heavy atom. The van der Waals surface area contributed by atoms with E-state index >= 15 is 0 Å². The van der Waals surface area contributed by atoms with Crippen molar-refractivity contribution in [3.63, 3.8) is 0 Å². The first-order valence-corrected chi connectivity index (χ1v) is 22.3. The highest BCUT2D eigenvalue weighted by atomic mass is 16.5. The number of rotatable bonds is 42. The molecule has 0 saturated carbocycles. The Kier molecular flexibility index (Phi) is 40.3. The van der Waals surface area contributed by atoms with Crippen molar-refractivity contribution < 1.29 is 9.47 Å². The summed E-state index contributed by atoms with van der Waals surface area (Å²) >= 11 is 0. The predicted molar refractivity (Wildman–Crippen MR) is 213 cm³/mol. The van der Waals surface area contributed by atoms with Crippen molar-refractivity contribution in [3.8, 4) is 0 Å². The molecule has 0 bridgehead atoms. The van der Waals surface area contributed by atoms with Gasteiger partial charge in [0.25, 0.3) is 0 Å². The lowest BCUT2D eigenvalue weighted by molar-refractivity contribution is -0.00512. The molecule has 0 rings (SSSR count). The third-order valence-electron chi connectivity index (χ3n) is 10.3. The standard InChI is InChI=1S/C45H92O2/c1-5-7-9-11-13-15-17-19-21-23-25-27-29-31-33-35-37-39-41-46-43-45(3,4)44-47-42-40-38-36-34-32-30-28-26-24-22-20-18-16-14-12-10-8-6-2/h5-44H2,1-4H3. The second kappa shape index (κ2) is 40.4. The lowest BCUT2D eigenvalue weighted by Gasteiger charge is -2.24. The third kappa shape index (κ3) is 42.0. The molecule has 0 N–H and O–H groups in total. The molecule has 0 atom stereocenters.